The van der Waals surface area contributed by atoms with Gasteiger partial charge in [-0.2, -0.15) is 0 Å². The number of sulfonamides is 2. The Hall–Kier alpha value is -2.59. The maximum absolute atomic E-state index is 12.7. The molecule has 2 aliphatic heterocycles. The summed E-state index contributed by atoms with van der Waals surface area (Å²) in [6.07, 6.45) is 3.56. The van der Waals surface area contributed by atoms with E-state index < -0.39 is 31.9 Å². The molecule has 31 heavy (non-hydrogen) atoms. The lowest BCUT2D eigenvalue weighted by Crippen LogP contribution is -2.30. The van der Waals surface area contributed by atoms with Crippen LogP contribution in [0.3, 0.4) is 0 Å². The van der Waals surface area contributed by atoms with E-state index in [1.54, 1.807) is 19.1 Å². The lowest BCUT2D eigenvalue weighted by Gasteiger charge is -2.28. The molecule has 0 saturated carbocycles. The van der Waals surface area contributed by atoms with Crippen molar-refractivity contribution in [2.45, 2.75) is 31.1 Å². The zero-order valence-corrected chi connectivity index (χ0v) is 18.8. The summed E-state index contributed by atoms with van der Waals surface area (Å²) >= 11 is 0. The van der Waals surface area contributed by atoms with Crippen molar-refractivity contribution in [2.24, 2.45) is 5.92 Å². The molecule has 0 radical (unpaired) electrons. The van der Waals surface area contributed by atoms with E-state index in [1.165, 1.54) is 30.7 Å². The van der Waals surface area contributed by atoms with Crippen molar-refractivity contribution in [1.82, 2.24) is 0 Å². The minimum Gasteiger partial charge on any atom is -0.372 e. The van der Waals surface area contributed by atoms with Gasteiger partial charge in [0.15, 0.2) is 0 Å². The van der Waals surface area contributed by atoms with Crippen molar-refractivity contribution >= 4 is 43.0 Å². The second kappa shape index (κ2) is 8.16. The predicted octanol–water partition coefficient (Wildman–Crippen LogP) is 2.79. The summed E-state index contributed by atoms with van der Waals surface area (Å²) in [7, 11) is -7.60. The topological polar surface area (TPSA) is 104 Å². The van der Waals surface area contributed by atoms with Crippen molar-refractivity contribution in [3.63, 3.8) is 0 Å². The molecule has 4 rings (SSSR count). The van der Waals surface area contributed by atoms with E-state index in [-0.39, 0.29) is 16.3 Å². The molecular formula is C21H25N3O5S2. The first-order valence-electron chi connectivity index (χ1n) is 10.2. The zero-order valence-electron chi connectivity index (χ0n) is 17.2. The van der Waals surface area contributed by atoms with Gasteiger partial charge in [0.25, 0.3) is 10.0 Å². The van der Waals surface area contributed by atoms with E-state index in [0.717, 1.165) is 35.9 Å². The van der Waals surface area contributed by atoms with Crippen LogP contribution in [0.4, 0.5) is 17.1 Å². The van der Waals surface area contributed by atoms with Crippen molar-refractivity contribution in [2.75, 3.05) is 32.8 Å². The number of anilines is 3. The molecule has 166 valence electrons. The molecule has 1 atom stereocenters. The van der Waals surface area contributed by atoms with E-state index in [1.807, 2.05) is 12.1 Å². The van der Waals surface area contributed by atoms with Gasteiger partial charge >= 0.3 is 0 Å². The van der Waals surface area contributed by atoms with Crippen LogP contribution in [-0.2, 0) is 24.8 Å². The van der Waals surface area contributed by atoms with E-state index in [0.29, 0.717) is 5.69 Å². The Balaban J connectivity index is 1.49. The summed E-state index contributed by atoms with van der Waals surface area (Å²) in [5.41, 5.74) is 1.65. The number of carbonyl (C=O) groups excluding carboxylic acids is 1. The molecule has 10 heteroatoms. The highest BCUT2D eigenvalue weighted by Gasteiger charge is 2.42. The monoisotopic (exact) mass is 463 g/mol. The minimum atomic E-state index is -3.86. The lowest BCUT2D eigenvalue weighted by molar-refractivity contribution is -0.119. The number of carbonyl (C=O) groups is 1. The average Bonchev–Trinajstić information content (AvgIpc) is 2.95. The van der Waals surface area contributed by atoms with Crippen LogP contribution in [0, 0.1) is 5.92 Å². The fraction of sp³-hybridized carbons (Fsp3) is 0.381. The van der Waals surface area contributed by atoms with Crippen molar-refractivity contribution < 1.29 is 21.6 Å². The summed E-state index contributed by atoms with van der Waals surface area (Å²) in [6.45, 7) is 3.57. The number of hydrogen-bond acceptors (Lipinski definition) is 6. The quantitative estimate of drug-likeness (QED) is 0.731. The van der Waals surface area contributed by atoms with E-state index in [4.69, 9.17) is 0 Å². The third-order valence-electron chi connectivity index (χ3n) is 5.58. The normalized spacial score (nSPS) is 21.3. The van der Waals surface area contributed by atoms with Gasteiger partial charge in [-0.3, -0.25) is 9.52 Å². The smallest absolute Gasteiger partial charge is 0.261 e. The molecule has 2 aromatic rings. The molecular weight excluding hydrogens is 438 g/mol. The molecule has 0 aromatic heterocycles. The van der Waals surface area contributed by atoms with Gasteiger partial charge in [0, 0.05) is 24.5 Å². The first kappa shape index (κ1) is 21.6. The summed E-state index contributed by atoms with van der Waals surface area (Å²) in [5.74, 6) is -1.38. The molecule has 2 heterocycles. The fourth-order valence-electron chi connectivity index (χ4n) is 3.95. The van der Waals surface area contributed by atoms with Gasteiger partial charge in [-0.15, -0.1) is 0 Å². The SMILES string of the molecule is C[C@H]1CS(=O)(=O)N(c2ccc(S(=O)(=O)Nc3ccc(N4CCCCC4)cc3)cc2)C1=O. The number of nitrogens with one attached hydrogen (secondary N) is 1. The van der Waals surface area contributed by atoms with Gasteiger partial charge in [0.2, 0.25) is 15.9 Å². The Morgan fingerprint density at radius 1 is 0.903 bits per heavy atom. The number of piperidine rings is 1. The van der Waals surface area contributed by atoms with Crippen LogP contribution >= 0.6 is 0 Å². The fourth-order valence-corrected chi connectivity index (χ4v) is 6.83. The number of benzene rings is 2. The molecule has 1 N–H and O–H groups in total. The third-order valence-corrected chi connectivity index (χ3v) is 8.85. The van der Waals surface area contributed by atoms with Crippen LogP contribution in [0.2, 0.25) is 0 Å². The first-order chi connectivity index (χ1) is 14.7. The van der Waals surface area contributed by atoms with Crippen LogP contribution in [0.5, 0.6) is 0 Å². The Morgan fingerprint density at radius 3 is 2.03 bits per heavy atom. The highest BCUT2D eigenvalue weighted by molar-refractivity contribution is 7.94. The number of hydrogen-bond donors (Lipinski definition) is 1. The van der Waals surface area contributed by atoms with Crippen molar-refractivity contribution in [3.8, 4) is 0 Å². The Labute approximate surface area is 183 Å². The van der Waals surface area contributed by atoms with Crippen LogP contribution < -0.4 is 13.9 Å². The highest BCUT2D eigenvalue weighted by atomic mass is 32.2. The molecule has 1 amide bonds. The van der Waals surface area contributed by atoms with E-state index >= 15 is 0 Å². The van der Waals surface area contributed by atoms with Crippen LogP contribution in [0.15, 0.2) is 53.4 Å². The molecule has 0 unspecified atom stereocenters. The van der Waals surface area contributed by atoms with Gasteiger partial charge in [-0.25, -0.2) is 21.1 Å². The van der Waals surface area contributed by atoms with Gasteiger partial charge in [0.1, 0.15) is 0 Å². The Kier molecular flexibility index (Phi) is 5.69. The number of amides is 1. The lowest BCUT2D eigenvalue weighted by atomic mass is 10.1. The maximum atomic E-state index is 12.7. The van der Waals surface area contributed by atoms with E-state index in [2.05, 4.69) is 9.62 Å². The summed E-state index contributed by atoms with van der Waals surface area (Å²) in [6, 6.07) is 12.5. The van der Waals surface area contributed by atoms with Gasteiger partial charge in [-0.05, 0) is 67.8 Å². The van der Waals surface area contributed by atoms with Gasteiger partial charge in [0.05, 0.1) is 22.3 Å². The van der Waals surface area contributed by atoms with Crippen LogP contribution in [0.1, 0.15) is 26.2 Å². The largest absolute Gasteiger partial charge is 0.372 e. The second-order valence-electron chi connectivity index (χ2n) is 7.98. The molecule has 2 fully saturated rings. The zero-order chi connectivity index (χ0) is 22.2. The number of nitrogens with zero attached hydrogens (tertiary/aromatic N) is 2. The molecule has 2 aliphatic rings. The Bertz CT molecular complexity index is 1170. The standard InChI is InChI=1S/C21H25N3O5S2/c1-16-15-30(26,27)24(21(16)25)19-9-11-20(12-10-19)31(28,29)22-17-5-7-18(8-6-17)23-13-3-2-4-14-23/h5-12,16,22H,2-4,13-15H2,1H3/t16-/m0/s1. The number of rotatable bonds is 5. The molecule has 0 spiro atoms. The summed E-state index contributed by atoms with van der Waals surface area (Å²) in [4.78, 5) is 14.5. The predicted molar refractivity (Wildman–Crippen MR) is 120 cm³/mol. The molecule has 2 saturated heterocycles. The van der Waals surface area contributed by atoms with Crippen molar-refractivity contribution in [1.29, 1.82) is 0 Å². The van der Waals surface area contributed by atoms with Crippen molar-refractivity contribution in [3.05, 3.63) is 48.5 Å². The maximum Gasteiger partial charge on any atom is 0.261 e. The minimum absolute atomic E-state index is 0.0200. The Morgan fingerprint density at radius 2 is 1.48 bits per heavy atom. The highest BCUT2D eigenvalue weighted by Crippen LogP contribution is 2.29. The second-order valence-corrected chi connectivity index (χ2v) is 11.5. The molecule has 0 aliphatic carbocycles. The third kappa shape index (κ3) is 4.40. The van der Waals surface area contributed by atoms with Gasteiger partial charge < -0.3 is 4.90 Å². The molecule has 0 bridgehead atoms. The molecule has 8 nitrogen and oxygen atoms in total. The van der Waals surface area contributed by atoms with Crippen LogP contribution in [0.25, 0.3) is 0 Å². The van der Waals surface area contributed by atoms with Gasteiger partial charge in [-0.1, -0.05) is 6.92 Å². The summed E-state index contributed by atoms with van der Waals surface area (Å²) < 4.78 is 53.2. The van der Waals surface area contributed by atoms with E-state index in [9.17, 15) is 21.6 Å². The molecule has 2 aromatic carbocycles. The first-order valence-corrected chi connectivity index (χ1v) is 13.3. The summed E-state index contributed by atoms with van der Waals surface area (Å²) in [5, 5.41) is 0. The average molecular weight is 464 g/mol. The van der Waals surface area contributed by atoms with Crippen LogP contribution in [-0.4, -0.2) is 41.6 Å².